The third-order valence-electron chi connectivity index (χ3n) is 6.29. The molecule has 0 spiro atoms. The van der Waals surface area contributed by atoms with Crippen LogP contribution < -0.4 is 0 Å². The fraction of sp³-hybridized carbons (Fsp3) is 0.923. The smallest absolute Gasteiger partial charge is 0.309 e. The molecular weight excluding hydrogens is 392 g/mol. The molecule has 1 fully saturated rings. The highest BCUT2D eigenvalue weighted by atomic mass is 16.6. The molecule has 0 heterocycles. The molecule has 0 aliphatic heterocycles. The number of esters is 2. The van der Waals surface area contributed by atoms with E-state index in [-0.39, 0.29) is 30.4 Å². The zero-order chi connectivity index (χ0) is 22.6. The second-order valence-corrected chi connectivity index (χ2v) is 8.92. The van der Waals surface area contributed by atoms with Crippen LogP contribution in [0.25, 0.3) is 0 Å². The van der Waals surface area contributed by atoms with Gasteiger partial charge in [0, 0.05) is 6.61 Å². The van der Waals surface area contributed by atoms with E-state index in [9.17, 15) is 9.59 Å². The highest BCUT2D eigenvalue weighted by Gasteiger charge is 2.37. The minimum atomic E-state index is -0.357. The molecule has 0 saturated heterocycles. The zero-order valence-electron chi connectivity index (χ0n) is 20.3. The molecule has 5 heteroatoms. The van der Waals surface area contributed by atoms with Crippen LogP contribution in [0, 0.1) is 11.8 Å². The van der Waals surface area contributed by atoms with Gasteiger partial charge in [-0.15, -0.1) is 0 Å². The summed E-state index contributed by atoms with van der Waals surface area (Å²) in [5, 5.41) is 0. The van der Waals surface area contributed by atoms with E-state index in [1.54, 1.807) is 0 Å². The van der Waals surface area contributed by atoms with Crippen LogP contribution >= 0.6 is 0 Å². The second-order valence-electron chi connectivity index (χ2n) is 8.92. The van der Waals surface area contributed by atoms with E-state index in [2.05, 4.69) is 6.92 Å². The average molecular weight is 441 g/mol. The van der Waals surface area contributed by atoms with Crippen LogP contribution in [-0.4, -0.2) is 38.4 Å². The molecule has 2 unspecified atom stereocenters. The van der Waals surface area contributed by atoms with Crippen molar-refractivity contribution >= 4 is 11.9 Å². The number of hydrogen-bond acceptors (Lipinski definition) is 5. The third-order valence-corrected chi connectivity index (χ3v) is 6.29. The fourth-order valence-corrected chi connectivity index (χ4v) is 4.37. The summed E-state index contributed by atoms with van der Waals surface area (Å²) in [7, 11) is 0. The molecule has 0 N–H and O–H groups in total. The molecule has 1 aliphatic rings. The van der Waals surface area contributed by atoms with Gasteiger partial charge in [-0.25, -0.2) is 0 Å². The van der Waals surface area contributed by atoms with Crippen LogP contribution in [0.2, 0.25) is 0 Å². The van der Waals surface area contributed by atoms with Gasteiger partial charge in [-0.2, -0.15) is 0 Å². The number of rotatable bonds is 19. The summed E-state index contributed by atoms with van der Waals surface area (Å²) in [5.41, 5.74) is 0. The quantitative estimate of drug-likeness (QED) is 0.167. The maximum atomic E-state index is 12.5. The van der Waals surface area contributed by atoms with Crippen molar-refractivity contribution in [2.75, 3.05) is 26.4 Å². The maximum absolute atomic E-state index is 12.5. The summed E-state index contributed by atoms with van der Waals surface area (Å²) in [5.74, 6) is -1.18. The summed E-state index contributed by atoms with van der Waals surface area (Å²) in [4.78, 5) is 24.9. The molecule has 182 valence electrons. The predicted octanol–water partition coefficient (Wildman–Crippen LogP) is 6.62. The molecule has 0 aromatic heterocycles. The van der Waals surface area contributed by atoms with E-state index >= 15 is 0 Å². The van der Waals surface area contributed by atoms with Gasteiger partial charge in [0.2, 0.25) is 0 Å². The Bertz CT molecular complexity index is 451. The van der Waals surface area contributed by atoms with Crippen LogP contribution in [0.4, 0.5) is 0 Å². The van der Waals surface area contributed by atoms with Crippen molar-refractivity contribution in [3.8, 4) is 0 Å². The molecular formula is C26H48O5. The first-order valence-corrected chi connectivity index (χ1v) is 13.1. The van der Waals surface area contributed by atoms with Crippen molar-refractivity contribution in [1.82, 2.24) is 0 Å². The molecule has 31 heavy (non-hydrogen) atoms. The van der Waals surface area contributed by atoms with E-state index in [4.69, 9.17) is 14.2 Å². The van der Waals surface area contributed by atoms with E-state index in [0.717, 1.165) is 32.1 Å². The normalized spacial score (nSPS) is 18.6. The maximum Gasteiger partial charge on any atom is 0.309 e. The molecule has 5 nitrogen and oxygen atoms in total. The Morgan fingerprint density at radius 2 is 1.06 bits per heavy atom. The lowest BCUT2D eigenvalue weighted by molar-refractivity contribution is -0.163. The van der Waals surface area contributed by atoms with Crippen molar-refractivity contribution < 1.29 is 23.8 Å². The van der Waals surface area contributed by atoms with Crippen LogP contribution in [0.3, 0.4) is 0 Å². The summed E-state index contributed by atoms with van der Waals surface area (Å²) < 4.78 is 16.0. The summed E-state index contributed by atoms with van der Waals surface area (Å²) in [6.07, 6.45) is 18.8. The van der Waals surface area contributed by atoms with Crippen LogP contribution in [-0.2, 0) is 23.8 Å². The number of unbranched alkanes of at least 4 members (excludes halogenated alkanes) is 11. The Morgan fingerprint density at radius 1 is 0.613 bits per heavy atom. The summed E-state index contributed by atoms with van der Waals surface area (Å²) in [6, 6.07) is 0. The van der Waals surface area contributed by atoms with E-state index < -0.39 is 0 Å². The number of hydrogen-bond donors (Lipinski definition) is 0. The first-order valence-electron chi connectivity index (χ1n) is 13.1. The van der Waals surface area contributed by atoms with Gasteiger partial charge in [0.05, 0.1) is 25.0 Å². The Kier molecular flexibility index (Phi) is 17.6. The van der Waals surface area contributed by atoms with Gasteiger partial charge in [0.25, 0.3) is 0 Å². The molecule has 1 saturated carbocycles. The van der Waals surface area contributed by atoms with Gasteiger partial charge in [0.15, 0.2) is 0 Å². The van der Waals surface area contributed by atoms with Gasteiger partial charge in [-0.3, -0.25) is 9.59 Å². The van der Waals surface area contributed by atoms with Crippen molar-refractivity contribution in [2.24, 2.45) is 11.8 Å². The van der Waals surface area contributed by atoms with Gasteiger partial charge >= 0.3 is 11.9 Å². The standard InChI is InChI=1S/C26H48O5/c1-3-5-6-7-8-9-10-11-12-13-14-17-20-30-25(27)23-18-15-16-19-24(23)26(28)31-22-21-29-4-2/h23-24H,3-22H2,1-2H3. The highest BCUT2D eigenvalue weighted by Crippen LogP contribution is 2.32. The Labute approximate surface area is 191 Å². The molecule has 0 bridgehead atoms. The van der Waals surface area contributed by atoms with E-state index in [0.29, 0.717) is 26.2 Å². The minimum absolute atomic E-state index is 0.213. The third kappa shape index (κ3) is 13.8. The lowest BCUT2D eigenvalue weighted by Crippen LogP contribution is -2.35. The zero-order valence-corrected chi connectivity index (χ0v) is 20.3. The SMILES string of the molecule is CCCCCCCCCCCCCCOC(=O)C1CCCCC1C(=O)OCCOCC. The van der Waals surface area contributed by atoms with Crippen LogP contribution in [0.1, 0.15) is 117 Å². The molecule has 0 radical (unpaired) electrons. The lowest BCUT2D eigenvalue weighted by Gasteiger charge is -2.28. The van der Waals surface area contributed by atoms with Gasteiger partial charge in [0.1, 0.15) is 6.61 Å². The molecule has 2 atom stereocenters. The Hall–Kier alpha value is -1.10. The van der Waals surface area contributed by atoms with E-state index in [1.807, 2.05) is 6.92 Å². The van der Waals surface area contributed by atoms with Crippen molar-refractivity contribution in [3.05, 3.63) is 0 Å². The Balaban J connectivity index is 2.07. The van der Waals surface area contributed by atoms with Crippen molar-refractivity contribution in [1.29, 1.82) is 0 Å². The highest BCUT2D eigenvalue weighted by molar-refractivity contribution is 5.82. The van der Waals surface area contributed by atoms with E-state index in [1.165, 1.54) is 64.2 Å². The van der Waals surface area contributed by atoms with Crippen molar-refractivity contribution in [2.45, 2.75) is 117 Å². The number of ether oxygens (including phenoxy) is 3. The fourth-order valence-electron chi connectivity index (χ4n) is 4.37. The minimum Gasteiger partial charge on any atom is -0.465 e. The van der Waals surface area contributed by atoms with Crippen LogP contribution in [0.15, 0.2) is 0 Å². The molecule has 1 rings (SSSR count). The number of carbonyl (C=O) groups is 2. The monoisotopic (exact) mass is 440 g/mol. The van der Waals surface area contributed by atoms with Crippen LogP contribution in [0.5, 0.6) is 0 Å². The first kappa shape index (κ1) is 27.9. The Morgan fingerprint density at radius 3 is 1.55 bits per heavy atom. The van der Waals surface area contributed by atoms with Gasteiger partial charge in [-0.05, 0) is 26.2 Å². The summed E-state index contributed by atoms with van der Waals surface area (Å²) in [6.45, 7) is 5.91. The first-order chi connectivity index (χ1) is 15.2. The lowest BCUT2D eigenvalue weighted by atomic mass is 9.79. The second kappa shape index (κ2) is 19.6. The molecule has 1 aliphatic carbocycles. The largest absolute Gasteiger partial charge is 0.465 e. The summed E-state index contributed by atoms with van der Waals surface area (Å²) >= 11 is 0. The topological polar surface area (TPSA) is 61.8 Å². The predicted molar refractivity (Wildman–Crippen MR) is 125 cm³/mol. The average Bonchev–Trinajstić information content (AvgIpc) is 2.79. The number of carbonyl (C=O) groups excluding carboxylic acids is 2. The van der Waals surface area contributed by atoms with Gasteiger partial charge in [-0.1, -0.05) is 90.4 Å². The molecule has 0 aromatic carbocycles. The molecule has 0 amide bonds. The van der Waals surface area contributed by atoms with Crippen molar-refractivity contribution in [3.63, 3.8) is 0 Å². The van der Waals surface area contributed by atoms with Gasteiger partial charge < -0.3 is 14.2 Å². The molecule has 0 aromatic rings.